The SMILES string of the molecule is COc1cc(C(C)(C)C)c(OCC2CCC(C)CC2)cc1C(C)(C)C. The van der Waals surface area contributed by atoms with E-state index in [4.69, 9.17) is 9.47 Å². The van der Waals surface area contributed by atoms with Crippen LogP contribution in [-0.2, 0) is 10.8 Å². The maximum Gasteiger partial charge on any atom is 0.123 e. The molecule has 0 N–H and O–H groups in total. The zero-order valence-corrected chi connectivity index (χ0v) is 17.7. The van der Waals surface area contributed by atoms with Crippen LogP contribution in [0.15, 0.2) is 12.1 Å². The predicted octanol–water partition coefficient (Wildman–Crippen LogP) is 6.50. The molecule has 0 aromatic heterocycles. The van der Waals surface area contributed by atoms with Crippen molar-refractivity contribution in [3.63, 3.8) is 0 Å². The first-order valence-corrected chi connectivity index (χ1v) is 9.88. The van der Waals surface area contributed by atoms with E-state index in [1.807, 2.05) is 0 Å². The highest BCUT2D eigenvalue weighted by Crippen LogP contribution is 2.41. The van der Waals surface area contributed by atoms with Gasteiger partial charge in [-0.05, 0) is 47.6 Å². The Bertz CT molecular complexity index is 567. The zero-order valence-electron chi connectivity index (χ0n) is 17.7. The Morgan fingerprint density at radius 3 is 1.80 bits per heavy atom. The summed E-state index contributed by atoms with van der Waals surface area (Å²) in [6.45, 7) is 16.6. The van der Waals surface area contributed by atoms with Crippen LogP contribution in [-0.4, -0.2) is 13.7 Å². The minimum atomic E-state index is 0.0279. The lowest BCUT2D eigenvalue weighted by Crippen LogP contribution is -2.22. The minimum absolute atomic E-state index is 0.0279. The summed E-state index contributed by atoms with van der Waals surface area (Å²) < 4.78 is 12.1. The molecule has 0 atom stereocenters. The summed E-state index contributed by atoms with van der Waals surface area (Å²) in [5.41, 5.74) is 2.51. The van der Waals surface area contributed by atoms with Crippen molar-refractivity contribution in [2.24, 2.45) is 11.8 Å². The summed E-state index contributed by atoms with van der Waals surface area (Å²) in [5, 5.41) is 0. The van der Waals surface area contributed by atoms with E-state index in [-0.39, 0.29) is 10.8 Å². The van der Waals surface area contributed by atoms with Crippen molar-refractivity contribution in [3.05, 3.63) is 23.3 Å². The van der Waals surface area contributed by atoms with Gasteiger partial charge in [-0.3, -0.25) is 0 Å². The van der Waals surface area contributed by atoms with E-state index in [1.54, 1.807) is 7.11 Å². The topological polar surface area (TPSA) is 18.5 Å². The summed E-state index contributed by atoms with van der Waals surface area (Å²) in [5.74, 6) is 3.59. The maximum absolute atomic E-state index is 6.42. The van der Waals surface area contributed by atoms with Gasteiger partial charge in [0.15, 0.2) is 0 Å². The first kappa shape index (κ1) is 20.1. The summed E-state index contributed by atoms with van der Waals surface area (Å²) >= 11 is 0. The molecule has 2 heteroatoms. The van der Waals surface area contributed by atoms with Gasteiger partial charge in [-0.15, -0.1) is 0 Å². The molecular formula is C23H38O2. The normalized spacial score (nSPS) is 21.9. The van der Waals surface area contributed by atoms with Gasteiger partial charge in [-0.2, -0.15) is 0 Å². The van der Waals surface area contributed by atoms with Gasteiger partial charge in [-0.1, -0.05) is 61.3 Å². The monoisotopic (exact) mass is 346 g/mol. The molecule has 0 amide bonds. The van der Waals surface area contributed by atoms with Crippen molar-refractivity contribution in [3.8, 4) is 11.5 Å². The predicted molar refractivity (Wildman–Crippen MR) is 107 cm³/mol. The van der Waals surface area contributed by atoms with Crippen LogP contribution in [0.25, 0.3) is 0 Å². The van der Waals surface area contributed by atoms with Crippen molar-refractivity contribution in [1.29, 1.82) is 0 Å². The molecule has 0 spiro atoms. The van der Waals surface area contributed by atoms with Gasteiger partial charge in [0.1, 0.15) is 11.5 Å². The van der Waals surface area contributed by atoms with Crippen LogP contribution in [0.5, 0.6) is 11.5 Å². The number of rotatable bonds is 4. The van der Waals surface area contributed by atoms with E-state index in [2.05, 4.69) is 60.6 Å². The highest BCUT2D eigenvalue weighted by Gasteiger charge is 2.27. The van der Waals surface area contributed by atoms with Gasteiger partial charge in [0, 0.05) is 11.1 Å². The van der Waals surface area contributed by atoms with Crippen molar-refractivity contribution < 1.29 is 9.47 Å². The van der Waals surface area contributed by atoms with Crippen LogP contribution in [0.4, 0.5) is 0 Å². The van der Waals surface area contributed by atoms with Crippen LogP contribution in [0.1, 0.15) is 85.3 Å². The smallest absolute Gasteiger partial charge is 0.123 e. The number of hydrogen-bond acceptors (Lipinski definition) is 2. The Morgan fingerprint density at radius 1 is 0.840 bits per heavy atom. The molecule has 25 heavy (non-hydrogen) atoms. The van der Waals surface area contributed by atoms with Gasteiger partial charge in [-0.25, -0.2) is 0 Å². The Labute approximate surface area is 155 Å². The van der Waals surface area contributed by atoms with Crippen molar-refractivity contribution in [1.82, 2.24) is 0 Å². The number of hydrogen-bond donors (Lipinski definition) is 0. The molecule has 0 radical (unpaired) electrons. The number of benzene rings is 1. The first-order chi connectivity index (χ1) is 11.5. The molecule has 0 bridgehead atoms. The largest absolute Gasteiger partial charge is 0.496 e. The Hall–Kier alpha value is -1.18. The van der Waals surface area contributed by atoms with Crippen LogP contribution >= 0.6 is 0 Å². The molecule has 2 rings (SSSR count). The van der Waals surface area contributed by atoms with Gasteiger partial charge in [0.05, 0.1) is 13.7 Å². The first-order valence-electron chi connectivity index (χ1n) is 9.88. The molecule has 0 saturated heterocycles. The average Bonchev–Trinajstić information content (AvgIpc) is 2.51. The van der Waals surface area contributed by atoms with Crippen molar-refractivity contribution in [2.45, 2.75) is 85.0 Å². The van der Waals surface area contributed by atoms with E-state index in [9.17, 15) is 0 Å². The Morgan fingerprint density at radius 2 is 1.32 bits per heavy atom. The van der Waals surface area contributed by atoms with Gasteiger partial charge in [0.2, 0.25) is 0 Å². The summed E-state index contributed by atoms with van der Waals surface area (Å²) in [7, 11) is 1.76. The van der Waals surface area contributed by atoms with E-state index in [0.717, 1.165) is 24.0 Å². The second kappa shape index (κ2) is 7.60. The fourth-order valence-electron chi connectivity index (χ4n) is 3.72. The van der Waals surface area contributed by atoms with Crippen LogP contribution < -0.4 is 9.47 Å². The van der Waals surface area contributed by atoms with E-state index in [0.29, 0.717) is 5.92 Å². The molecule has 1 fully saturated rings. The lowest BCUT2D eigenvalue weighted by Gasteiger charge is -2.30. The molecule has 142 valence electrons. The molecule has 1 aliphatic carbocycles. The van der Waals surface area contributed by atoms with Crippen LogP contribution in [0.3, 0.4) is 0 Å². The highest BCUT2D eigenvalue weighted by molar-refractivity contribution is 5.51. The number of methoxy groups -OCH3 is 1. The lowest BCUT2D eigenvalue weighted by atomic mass is 9.80. The second-order valence-corrected chi connectivity index (χ2v) is 9.99. The van der Waals surface area contributed by atoms with Gasteiger partial charge >= 0.3 is 0 Å². The third kappa shape index (κ3) is 5.15. The molecule has 0 unspecified atom stereocenters. The van der Waals surface area contributed by atoms with Gasteiger partial charge < -0.3 is 9.47 Å². The van der Waals surface area contributed by atoms with Gasteiger partial charge in [0.25, 0.3) is 0 Å². The quantitative estimate of drug-likeness (QED) is 0.620. The minimum Gasteiger partial charge on any atom is -0.496 e. The molecule has 1 saturated carbocycles. The molecule has 2 nitrogen and oxygen atoms in total. The zero-order chi connectivity index (χ0) is 18.8. The molecular weight excluding hydrogens is 308 g/mol. The Balaban J connectivity index is 2.30. The molecule has 0 heterocycles. The van der Waals surface area contributed by atoms with E-state index < -0.39 is 0 Å². The second-order valence-electron chi connectivity index (χ2n) is 9.99. The fraction of sp³-hybridized carbons (Fsp3) is 0.739. The van der Waals surface area contributed by atoms with E-state index >= 15 is 0 Å². The molecule has 0 aliphatic heterocycles. The van der Waals surface area contributed by atoms with Crippen molar-refractivity contribution in [2.75, 3.05) is 13.7 Å². The molecule has 1 aromatic rings. The fourth-order valence-corrected chi connectivity index (χ4v) is 3.72. The lowest BCUT2D eigenvalue weighted by molar-refractivity contribution is 0.185. The molecule has 1 aliphatic rings. The third-order valence-electron chi connectivity index (χ3n) is 5.53. The highest BCUT2D eigenvalue weighted by atomic mass is 16.5. The van der Waals surface area contributed by atoms with E-state index in [1.165, 1.54) is 36.8 Å². The standard InChI is InChI=1S/C23H38O2/c1-16-9-11-17(12-10-16)15-25-21-14-18(22(2,3)4)20(24-8)13-19(21)23(5,6)7/h13-14,16-17H,9-12,15H2,1-8H3. The number of ether oxygens (including phenoxy) is 2. The summed E-state index contributed by atoms with van der Waals surface area (Å²) in [6.07, 6.45) is 5.29. The third-order valence-corrected chi connectivity index (χ3v) is 5.53. The van der Waals surface area contributed by atoms with Crippen LogP contribution in [0, 0.1) is 11.8 Å². The maximum atomic E-state index is 6.42. The molecule has 1 aromatic carbocycles. The summed E-state index contributed by atoms with van der Waals surface area (Å²) in [6, 6.07) is 4.42. The van der Waals surface area contributed by atoms with Crippen LogP contribution in [0.2, 0.25) is 0 Å². The summed E-state index contributed by atoms with van der Waals surface area (Å²) in [4.78, 5) is 0. The average molecular weight is 347 g/mol. The Kier molecular flexibility index (Phi) is 6.12. The van der Waals surface area contributed by atoms with Crippen molar-refractivity contribution >= 4 is 0 Å².